The van der Waals surface area contributed by atoms with E-state index in [9.17, 15) is 5.11 Å². The number of allylic oxidation sites excluding steroid dienone is 1. The van der Waals surface area contributed by atoms with Crippen LogP contribution in [0, 0.1) is 0 Å². The lowest BCUT2D eigenvalue weighted by Gasteiger charge is -2.15. The Hall–Kier alpha value is -1.78. The maximum atomic E-state index is 9.79. The molecule has 1 aliphatic heterocycles. The van der Waals surface area contributed by atoms with Crippen LogP contribution in [0.1, 0.15) is 5.56 Å². The van der Waals surface area contributed by atoms with E-state index in [1.165, 1.54) is 0 Å². The standard InChI is InChI=1S/C13H13ClN2O2/c1-18-9-2-3-12(17)8(6-9)7-10-11(14)4-5-16-13(10)15/h2-7,13,17H,15H2,1H3. The van der Waals surface area contributed by atoms with Gasteiger partial charge in [0.15, 0.2) is 0 Å². The van der Waals surface area contributed by atoms with Gasteiger partial charge in [0.05, 0.1) is 7.11 Å². The molecule has 5 heteroatoms. The molecule has 0 aromatic heterocycles. The van der Waals surface area contributed by atoms with Gasteiger partial charge in [-0.3, -0.25) is 4.99 Å². The minimum Gasteiger partial charge on any atom is -0.507 e. The van der Waals surface area contributed by atoms with E-state index in [4.69, 9.17) is 22.1 Å². The molecule has 0 bridgehead atoms. The Morgan fingerprint density at radius 1 is 1.50 bits per heavy atom. The van der Waals surface area contributed by atoms with Crippen LogP contribution in [-0.4, -0.2) is 24.6 Å². The Balaban J connectivity index is 2.44. The first kappa shape index (κ1) is 12.7. The van der Waals surface area contributed by atoms with Gasteiger partial charge in [-0.25, -0.2) is 0 Å². The highest BCUT2D eigenvalue weighted by atomic mass is 35.5. The molecule has 1 heterocycles. The molecule has 0 spiro atoms. The molecule has 1 aromatic rings. The van der Waals surface area contributed by atoms with Crippen LogP contribution in [0.4, 0.5) is 0 Å². The lowest BCUT2D eigenvalue weighted by Crippen LogP contribution is -2.22. The number of benzene rings is 1. The number of aliphatic imine (C=N–C) groups is 1. The van der Waals surface area contributed by atoms with Crippen LogP contribution in [0.5, 0.6) is 11.5 Å². The fourth-order valence-electron chi connectivity index (χ4n) is 1.62. The number of phenolic OH excluding ortho intramolecular Hbond substituents is 1. The molecular formula is C13H13ClN2O2. The van der Waals surface area contributed by atoms with E-state index in [0.717, 1.165) is 0 Å². The predicted octanol–water partition coefficient (Wildman–Crippen LogP) is 2.28. The summed E-state index contributed by atoms with van der Waals surface area (Å²) in [6, 6.07) is 4.94. The maximum Gasteiger partial charge on any atom is 0.124 e. The SMILES string of the molecule is COc1ccc(O)c(C=C2C(Cl)=CC=NC2N)c1. The van der Waals surface area contributed by atoms with Crippen molar-refractivity contribution in [2.45, 2.75) is 6.17 Å². The van der Waals surface area contributed by atoms with Crippen LogP contribution in [0.25, 0.3) is 6.08 Å². The van der Waals surface area contributed by atoms with Crippen molar-refractivity contribution in [2.75, 3.05) is 7.11 Å². The number of halogens is 1. The second-order valence-electron chi connectivity index (χ2n) is 3.78. The average molecular weight is 265 g/mol. The van der Waals surface area contributed by atoms with Crippen molar-refractivity contribution in [3.05, 3.63) is 40.4 Å². The quantitative estimate of drug-likeness (QED) is 0.861. The average Bonchev–Trinajstić information content (AvgIpc) is 2.36. The number of hydrogen-bond donors (Lipinski definition) is 2. The Labute approximate surface area is 110 Å². The van der Waals surface area contributed by atoms with Crippen molar-refractivity contribution in [2.24, 2.45) is 10.7 Å². The van der Waals surface area contributed by atoms with Crippen LogP contribution < -0.4 is 10.5 Å². The van der Waals surface area contributed by atoms with Crippen LogP contribution in [0.2, 0.25) is 0 Å². The van der Waals surface area contributed by atoms with Crippen molar-refractivity contribution >= 4 is 23.9 Å². The van der Waals surface area contributed by atoms with Gasteiger partial charge < -0.3 is 15.6 Å². The first-order valence-electron chi connectivity index (χ1n) is 5.35. The Bertz CT molecular complexity index is 550. The summed E-state index contributed by atoms with van der Waals surface area (Å²) in [5, 5.41) is 10.3. The highest BCUT2D eigenvalue weighted by Crippen LogP contribution is 2.29. The number of rotatable bonds is 2. The molecule has 94 valence electrons. The van der Waals surface area contributed by atoms with Crippen LogP contribution in [0.15, 0.2) is 39.9 Å². The Morgan fingerprint density at radius 2 is 2.28 bits per heavy atom. The topological polar surface area (TPSA) is 67.8 Å². The summed E-state index contributed by atoms with van der Waals surface area (Å²) >= 11 is 6.06. The molecule has 4 nitrogen and oxygen atoms in total. The van der Waals surface area contributed by atoms with Gasteiger partial charge in [-0.2, -0.15) is 0 Å². The van der Waals surface area contributed by atoms with Gasteiger partial charge in [-0.15, -0.1) is 0 Å². The summed E-state index contributed by atoms with van der Waals surface area (Å²) in [5.41, 5.74) is 7.08. The largest absolute Gasteiger partial charge is 0.507 e. The number of hydrogen-bond acceptors (Lipinski definition) is 4. The number of nitrogens with zero attached hydrogens (tertiary/aromatic N) is 1. The van der Waals surface area contributed by atoms with Crippen molar-refractivity contribution < 1.29 is 9.84 Å². The number of nitrogens with two attached hydrogens (primary N) is 1. The van der Waals surface area contributed by atoms with Crippen LogP contribution >= 0.6 is 11.6 Å². The number of dihydropyridines is 1. The third-order valence-corrected chi connectivity index (χ3v) is 2.95. The molecule has 0 radical (unpaired) electrons. The van der Waals surface area contributed by atoms with Gasteiger partial charge in [-0.1, -0.05) is 11.6 Å². The minimum atomic E-state index is -0.520. The van der Waals surface area contributed by atoms with E-state index >= 15 is 0 Å². The second kappa shape index (κ2) is 5.25. The molecule has 0 saturated carbocycles. The zero-order valence-electron chi connectivity index (χ0n) is 9.80. The monoisotopic (exact) mass is 264 g/mol. The van der Waals surface area contributed by atoms with E-state index in [-0.39, 0.29) is 5.75 Å². The summed E-state index contributed by atoms with van der Waals surface area (Å²) in [4.78, 5) is 4.04. The van der Waals surface area contributed by atoms with E-state index in [2.05, 4.69) is 4.99 Å². The molecular weight excluding hydrogens is 252 g/mol. The van der Waals surface area contributed by atoms with Gasteiger partial charge in [0, 0.05) is 22.4 Å². The molecule has 0 fully saturated rings. The molecule has 2 rings (SSSR count). The molecule has 0 aliphatic carbocycles. The first-order chi connectivity index (χ1) is 8.61. The zero-order chi connectivity index (χ0) is 13.1. The van der Waals surface area contributed by atoms with E-state index in [1.54, 1.807) is 43.7 Å². The second-order valence-corrected chi connectivity index (χ2v) is 4.19. The van der Waals surface area contributed by atoms with Gasteiger partial charge in [-0.05, 0) is 30.4 Å². The number of ether oxygens (including phenoxy) is 1. The van der Waals surface area contributed by atoms with Gasteiger partial charge in [0.25, 0.3) is 0 Å². The van der Waals surface area contributed by atoms with Gasteiger partial charge in [0.1, 0.15) is 17.7 Å². The summed E-state index contributed by atoms with van der Waals surface area (Å²) in [7, 11) is 1.56. The minimum absolute atomic E-state index is 0.134. The van der Waals surface area contributed by atoms with Crippen LogP contribution in [-0.2, 0) is 0 Å². The molecule has 1 unspecified atom stereocenters. The fraction of sp³-hybridized carbons (Fsp3) is 0.154. The third kappa shape index (κ3) is 2.55. The highest BCUT2D eigenvalue weighted by Gasteiger charge is 2.15. The fourth-order valence-corrected chi connectivity index (χ4v) is 1.84. The van der Waals surface area contributed by atoms with E-state index in [1.807, 2.05) is 0 Å². The smallest absolute Gasteiger partial charge is 0.124 e. The normalized spacial score (nSPS) is 20.9. The summed E-state index contributed by atoms with van der Waals surface area (Å²) in [6.07, 6.45) is 4.41. The predicted molar refractivity (Wildman–Crippen MR) is 73.0 cm³/mol. The Kier molecular flexibility index (Phi) is 3.69. The third-order valence-electron chi connectivity index (χ3n) is 2.61. The highest BCUT2D eigenvalue weighted by molar-refractivity contribution is 6.33. The molecule has 18 heavy (non-hydrogen) atoms. The summed E-state index contributed by atoms with van der Waals surface area (Å²) in [5.74, 6) is 0.780. The van der Waals surface area contributed by atoms with Crippen molar-refractivity contribution in [1.29, 1.82) is 0 Å². The van der Waals surface area contributed by atoms with Crippen molar-refractivity contribution in [1.82, 2.24) is 0 Å². The summed E-state index contributed by atoms with van der Waals surface area (Å²) < 4.78 is 5.10. The van der Waals surface area contributed by atoms with Crippen LogP contribution in [0.3, 0.4) is 0 Å². The van der Waals surface area contributed by atoms with Gasteiger partial charge in [0.2, 0.25) is 0 Å². The lowest BCUT2D eigenvalue weighted by molar-refractivity contribution is 0.412. The van der Waals surface area contributed by atoms with Gasteiger partial charge >= 0.3 is 0 Å². The molecule has 1 aromatic carbocycles. The molecule has 3 N–H and O–H groups in total. The summed E-state index contributed by atoms with van der Waals surface area (Å²) in [6.45, 7) is 0. The molecule has 0 saturated heterocycles. The zero-order valence-corrected chi connectivity index (χ0v) is 10.6. The molecule has 1 aliphatic rings. The lowest BCUT2D eigenvalue weighted by atomic mass is 10.1. The van der Waals surface area contributed by atoms with Crippen molar-refractivity contribution in [3.8, 4) is 11.5 Å². The van der Waals surface area contributed by atoms with E-state index < -0.39 is 6.17 Å². The number of aromatic hydroxyl groups is 1. The first-order valence-corrected chi connectivity index (χ1v) is 5.73. The van der Waals surface area contributed by atoms with E-state index in [0.29, 0.717) is 21.9 Å². The Morgan fingerprint density at radius 3 is 2.94 bits per heavy atom. The van der Waals surface area contributed by atoms with Crippen molar-refractivity contribution in [3.63, 3.8) is 0 Å². The number of phenols is 1. The maximum absolute atomic E-state index is 9.79. The molecule has 0 amide bonds. The molecule has 1 atom stereocenters. The number of methoxy groups -OCH3 is 1.